The molecule has 0 bridgehead atoms. The van der Waals surface area contributed by atoms with Gasteiger partial charge in [0.05, 0.1) is 6.26 Å². The summed E-state index contributed by atoms with van der Waals surface area (Å²) in [4.78, 5) is 2.56. The molecule has 2 saturated heterocycles. The van der Waals surface area contributed by atoms with E-state index in [0.717, 1.165) is 54.8 Å². The first-order chi connectivity index (χ1) is 12.8. The molecule has 152 valence electrons. The molecule has 0 amide bonds. The molecule has 3 rings (SSSR count). The Bertz CT molecular complexity index is 735. The van der Waals surface area contributed by atoms with Gasteiger partial charge in [0.1, 0.15) is 0 Å². The van der Waals surface area contributed by atoms with E-state index >= 15 is 0 Å². The smallest absolute Gasteiger partial charge is 0.211 e. The summed E-state index contributed by atoms with van der Waals surface area (Å²) in [7, 11) is -3.04. The van der Waals surface area contributed by atoms with Crippen LogP contribution < -0.4 is 0 Å². The predicted molar refractivity (Wildman–Crippen MR) is 116 cm³/mol. The largest absolute Gasteiger partial charge is 0.303 e. The van der Waals surface area contributed by atoms with Crippen molar-refractivity contribution in [3.05, 3.63) is 33.3 Å². The van der Waals surface area contributed by atoms with Crippen LogP contribution in [-0.2, 0) is 16.4 Å². The van der Waals surface area contributed by atoms with Crippen molar-refractivity contribution in [2.45, 2.75) is 38.5 Å². The van der Waals surface area contributed by atoms with E-state index in [2.05, 4.69) is 26.9 Å². The highest BCUT2D eigenvalue weighted by atomic mass is 79.9. The molecule has 1 atom stereocenters. The minimum Gasteiger partial charge on any atom is -0.303 e. The first kappa shape index (κ1) is 21.6. The quantitative estimate of drug-likeness (QED) is 0.609. The Labute approximate surface area is 177 Å². The molecule has 0 aliphatic carbocycles. The van der Waals surface area contributed by atoms with Gasteiger partial charge >= 0.3 is 0 Å². The predicted octanol–water partition coefficient (Wildman–Crippen LogP) is 4.42. The van der Waals surface area contributed by atoms with Crippen molar-refractivity contribution in [3.63, 3.8) is 0 Å². The zero-order chi connectivity index (χ0) is 19.4. The molecule has 2 fully saturated rings. The van der Waals surface area contributed by atoms with Gasteiger partial charge in [-0.1, -0.05) is 27.5 Å². The summed E-state index contributed by atoms with van der Waals surface area (Å²) in [5.74, 6) is 1.22. The van der Waals surface area contributed by atoms with Gasteiger partial charge in [0, 0.05) is 22.6 Å². The van der Waals surface area contributed by atoms with E-state index in [1.54, 1.807) is 4.31 Å². The fraction of sp³-hybridized carbons (Fsp3) is 0.700. The highest BCUT2D eigenvalue weighted by Gasteiger charge is 2.27. The van der Waals surface area contributed by atoms with Crippen molar-refractivity contribution in [1.82, 2.24) is 9.21 Å². The van der Waals surface area contributed by atoms with Crippen molar-refractivity contribution in [1.29, 1.82) is 0 Å². The molecule has 27 heavy (non-hydrogen) atoms. The van der Waals surface area contributed by atoms with Crippen molar-refractivity contribution in [2.24, 2.45) is 11.8 Å². The summed E-state index contributed by atoms with van der Waals surface area (Å²) in [6.07, 6.45) is 8.12. The first-order valence-electron chi connectivity index (χ1n) is 9.92. The van der Waals surface area contributed by atoms with Crippen LogP contribution >= 0.6 is 27.5 Å². The molecule has 0 spiro atoms. The molecule has 0 saturated carbocycles. The number of piperidine rings is 2. The maximum absolute atomic E-state index is 11.8. The summed E-state index contributed by atoms with van der Waals surface area (Å²) in [6.45, 7) is 4.78. The normalized spacial score (nSPS) is 23.6. The number of hydrogen-bond acceptors (Lipinski definition) is 3. The molecule has 0 N–H and O–H groups in total. The molecule has 0 aromatic heterocycles. The van der Waals surface area contributed by atoms with E-state index in [9.17, 15) is 8.42 Å². The number of nitrogens with zero attached hydrogens (tertiary/aromatic N) is 2. The molecule has 4 nitrogen and oxygen atoms in total. The number of likely N-dealkylation sites (tertiary alicyclic amines) is 1. The minimum atomic E-state index is -3.04. The number of rotatable bonds is 6. The molecule has 1 unspecified atom stereocenters. The summed E-state index contributed by atoms with van der Waals surface area (Å²) in [5.41, 5.74) is 1.31. The maximum atomic E-state index is 11.8. The van der Waals surface area contributed by atoms with Gasteiger partial charge in [-0.05, 0) is 93.8 Å². The van der Waals surface area contributed by atoms with E-state index in [1.165, 1.54) is 24.7 Å². The van der Waals surface area contributed by atoms with Crippen molar-refractivity contribution in [3.8, 4) is 0 Å². The molecule has 2 aliphatic heterocycles. The van der Waals surface area contributed by atoms with E-state index in [-0.39, 0.29) is 0 Å². The summed E-state index contributed by atoms with van der Waals surface area (Å²) in [5, 5.41) is 0.807. The van der Waals surface area contributed by atoms with Crippen molar-refractivity contribution < 1.29 is 8.42 Å². The fourth-order valence-corrected chi connectivity index (χ4v) is 5.90. The fourth-order valence-electron chi connectivity index (χ4n) is 4.35. The molecular weight excluding hydrogens is 448 g/mol. The number of hydrogen-bond donors (Lipinski definition) is 0. The van der Waals surface area contributed by atoms with Crippen LogP contribution in [0.25, 0.3) is 0 Å². The average Bonchev–Trinajstić information content (AvgIpc) is 2.64. The third-order valence-electron chi connectivity index (χ3n) is 6.03. The van der Waals surface area contributed by atoms with Gasteiger partial charge in [0.15, 0.2) is 0 Å². The van der Waals surface area contributed by atoms with E-state index in [1.807, 2.05) is 12.1 Å². The van der Waals surface area contributed by atoms with Gasteiger partial charge in [0.2, 0.25) is 10.0 Å². The van der Waals surface area contributed by atoms with Gasteiger partial charge in [-0.25, -0.2) is 12.7 Å². The van der Waals surface area contributed by atoms with Crippen LogP contribution in [0.1, 0.15) is 37.7 Å². The molecule has 1 aromatic carbocycles. The van der Waals surface area contributed by atoms with Crippen LogP contribution in [0.15, 0.2) is 22.7 Å². The standard InChI is InChI=1S/C20H30BrClN2O2S/c1-27(25,26)24-9-2-3-17(15-24)8-12-23-10-6-16(7-11-23)13-18-14-19(22)4-5-20(18)21/h4-5,14,16-17H,2-3,6-13,15H2,1H3. The van der Waals surface area contributed by atoms with Crippen LogP contribution in [0.3, 0.4) is 0 Å². The Hall–Kier alpha value is -0.140. The Morgan fingerprint density at radius 2 is 1.89 bits per heavy atom. The highest BCUT2D eigenvalue weighted by molar-refractivity contribution is 9.10. The van der Waals surface area contributed by atoms with Gasteiger partial charge in [-0.15, -0.1) is 0 Å². The maximum Gasteiger partial charge on any atom is 0.211 e. The lowest BCUT2D eigenvalue weighted by molar-refractivity contribution is 0.160. The molecule has 7 heteroatoms. The number of benzene rings is 1. The highest BCUT2D eigenvalue weighted by Crippen LogP contribution is 2.28. The second-order valence-electron chi connectivity index (χ2n) is 8.14. The molecule has 1 aromatic rings. The summed E-state index contributed by atoms with van der Waals surface area (Å²) >= 11 is 9.78. The Kier molecular flexibility index (Phi) is 7.65. The Balaban J connectivity index is 1.41. The van der Waals surface area contributed by atoms with E-state index in [4.69, 9.17) is 11.6 Å². The van der Waals surface area contributed by atoms with Gasteiger partial charge in [0.25, 0.3) is 0 Å². The summed E-state index contributed by atoms with van der Waals surface area (Å²) in [6, 6.07) is 6.04. The van der Waals surface area contributed by atoms with Gasteiger partial charge in [-0.3, -0.25) is 0 Å². The third-order valence-corrected chi connectivity index (χ3v) is 8.31. The lowest BCUT2D eigenvalue weighted by Gasteiger charge is -2.35. The summed E-state index contributed by atoms with van der Waals surface area (Å²) < 4.78 is 26.4. The zero-order valence-electron chi connectivity index (χ0n) is 16.0. The minimum absolute atomic E-state index is 0.508. The lowest BCUT2D eigenvalue weighted by atomic mass is 9.89. The van der Waals surface area contributed by atoms with Crippen LogP contribution in [0.5, 0.6) is 0 Å². The second kappa shape index (κ2) is 9.57. The molecule has 2 heterocycles. The van der Waals surface area contributed by atoms with Gasteiger partial charge in [-0.2, -0.15) is 0 Å². The van der Waals surface area contributed by atoms with Crippen molar-refractivity contribution in [2.75, 3.05) is 39.0 Å². The molecule has 0 radical (unpaired) electrons. The van der Waals surface area contributed by atoms with Crippen LogP contribution in [0.4, 0.5) is 0 Å². The Morgan fingerprint density at radius 3 is 2.59 bits per heavy atom. The van der Waals surface area contributed by atoms with Crippen LogP contribution in [0, 0.1) is 11.8 Å². The third kappa shape index (κ3) is 6.43. The monoisotopic (exact) mass is 476 g/mol. The lowest BCUT2D eigenvalue weighted by Crippen LogP contribution is -2.41. The molecular formula is C20H30BrClN2O2S. The van der Waals surface area contributed by atoms with E-state index < -0.39 is 10.0 Å². The topological polar surface area (TPSA) is 40.6 Å². The van der Waals surface area contributed by atoms with Crippen LogP contribution in [-0.4, -0.2) is 56.6 Å². The average molecular weight is 478 g/mol. The number of sulfonamides is 1. The number of halogens is 2. The van der Waals surface area contributed by atoms with E-state index in [0.29, 0.717) is 24.9 Å². The van der Waals surface area contributed by atoms with Crippen LogP contribution in [0.2, 0.25) is 5.02 Å². The second-order valence-corrected chi connectivity index (χ2v) is 11.4. The Morgan fingerprint density at radius 1 is 1.15 bits per heavy atom. The zero-order valence-corrected chi connectivity index (χ0v) is 19.2. The SMILES string of the molecule is CS(=O)(=O)N1CCCC(CCN2CCC(Cc3cc(Cl)ccc3Br)CC2)C1. The molecule has 2 aliphatic rings. The first-order valence-corrected chi connectivity index (χ1v) is 12.9. The van der Waals surface area contributed by atoms with Crippen molar-refractivity contribution >= 4 is 37.6 Å². The van der Waals surface area contributed by atoms with Gasteiger partial charge < -0.3 is 4.90 Å².